The zero-order valence-corrected chi connectivity index (χ0v) is 17.0. The van der Waals surface area contributed by atoms with Gasteiger partial charge in [-0.2, -0.15) is 0 Å². The summed E-state index contributed by atoms with van der Waals surface area (Å²) >= 11 is 0. The second-order valence-corrected chi connectivity index (χ2v) is 7.61. The Morgan fingerprint density at radius 2 is 1.59 bits per heavy atom. The van der Waals surface area contributed by atoms with E-state index in [1.165, 1.54) is 0 Å². The molecule has 1 amide bonds. The summed E-state index contributed by atoms with van der Waals surface area (Å²) in [6, 6.07) is 17.2. The Kier molecular flexibility index (Phi) is 6.07. The van der Waals surface area contributed by atoms with Crippen LogP contribution in [0, 0.1) is 11.6 Å². The van der Waals surface area contributed by atoms with Crippen molar-refractivity contribution in [3.63, 3.8) is 0 Å². The van der Waals surface area contributed by atoms with Gasteiger partial charge in [0, 0.05) is 24.1 Å². The van der Waals surface area contributed by atoms with E-state index in [1.54, 1.807) is 0 Å². The molecule has 8 heteroatoms. The molecule has 32 heavy (non-hydrogen) atoms. The maximum absolute atomic E-state index is 13.9. The summed E-state index contributed by atoms with van der Waals surface area (Å²) in [6.07, 6.45) is -4.07. The molecule has 6 nitrogen and oxygen atoms in total. The number of nitrogens with two attached hydrogens (primary N) is 1. The van der Waals surface area contributed by atoms with Gasteiger partial charge in [-0.05, 0) is 28.3 Å². The third kappa shape index (κ3) is 4.15. The number of carbonyl (C=O) groups excluding carboxylic acids is 1. The highest BCUT2D eigenvalue weighted by molar-refractivity contribution is 5.79. The van der Waals surface area contributed by atoms with E-state index in [0.29, 0.717) is 6.07 Å². The van der Waals surface area contributed by atoms with Crippen LogP contribution in [0.1, 0.15) is 28.7 Å². The maximum atomic E-state index is 13.9. The summed E-state index contributed by atoms with van der Waals surface area (Å²) in [4.78, 5) is 12.2. The van der Waals surface area contributed by atoms with Crippen LogP contribution in [0.3, 0.4) is 0 Å². The van der Waals surface area contributed by atoms with Gasteiger partial charge in [0.05, 0.1) is 5.69 Å². The minimum Gasteiger partial charge on any atom is -0.449 e. The number of ether oxygens (including phenoxy) is 1. The van der Waals surface area contributed by atoms with Gasteiger partial charge in [-0.25, -0.2) is 13.6 Å². The summed E-state index contributed by atoms with van der Waals surface area (Å²) in [6.45, 7) is -0.323. The summed E-state index contributed by atoms with van der Waals surface area (Å²) in [5.41, 5.74) is 8.96. The number of fused-ring (bicyclic) bond motifs is 3. The van der Waals surface area contributed by atoms with E-state index in [1.807, 2.05) is 48.5 Å². The normalized spacial score (nSPS) is 14.4. The first-order chi connectivity index (χ1) is 15.4. The van der Waals surface area contributed by atoms with Gasteiger partial charge < -0.3 is 26.0 Å². The second-order valence-electron chi connectivity index (χ2n) is 7.61. The lowest BCUT2D eigenvalue weighted by molar-refractivity contribution is 0.0165. The fourth-order valence-corrected chi connectivity index (χ4v) is 3.97. The van der Waals surface area contributed by atoms with Gasteiger partial charge in [-0.1, -0.05) is 48.5 Å². The first-order valence-corrected chi connectivity index (χ1v) is 10.1. The molecule has 0 aliphatic heterocycles. The Morgan fingerprint density at radius 3 is 2.22 bits per heavy atom. The standard InChI is InChI=1S/C24H22F2N2O4/c25-19-10-20(26)21(27)9-17(19)23(30)22(29)11-28-24(31)32-12-18-15-7-3-1-5-13(15)14-6-2-4-8-16(14)18/h1-10,18,22-23,29-30H,11-12,27H2,(H,28,31). The van der Waals surface area contributed by atoms with Crippen molar-refractivity contribution in [1.82, 2.24) is 5.32 Å². The smallest absolute Gasteiger partial charge is 0.407 e. The molecule has 3 aromatic rings. The predicted octanol–water partition coefficient (Wildman–Crippen LogP) is 3.48. The topological polar surface area (TPSA) is 105 Å². The number of aliphatic hydroxyl groups is 2. The Morgan fingerprint density at radius 1 is 1.00 bits per heavy atom. The van der Waals surface area contributed by atoms with Crippen molar-refractivity contribution in [1.29, 1.82) is 0 Å². The van der Waals surface area contributed by atoms with Crippen molar-refractivity contribution in [3.05, 3.63) is 89.0 Å². The lowest BCUT2D eigenvalue weighted by Crippen LogP contribution is -2.36. The van der Waals surface area contributed by atoms with E-state index < -0.39 is 36.5 Å². The quantitative estimate of drug-likeness (QED) is 0.440. The largest absolute Gasteiger partial charge is 0.449 e. The Hall–Kier alpha value is -3.49. The molecule has 0 bridgehead atoms. The zero-order valence-electron chi connectivity index (χ0n) is 17.0. The molecule has 2 unspecified atom stereocenters. The SMILES string of the molecule is Nc1cc(C(O)C(O)CNC(=O)OCC2c3ccccc3-c3ccccc32)c(F)cc1F. The van der Waals surface area contributed by atoms with Crippen molar-refractivity contribution in [2.45, 2.75) is 18.1 Å². The first-order valence-electron chi connectivity index (χ1n) is 10.1. The number of halogens is 2. The molecule has 4 rings (SSSR count). The molecule has 0 spiro atoms. The summed E-state index contributed by atoms with van der Waals surface area (Å²) in [5.74, 6) is -2.14. The van der Waals surface area contributed by atoms with E-state index in [2.05, 4.69) is 5.32 Å². The van der Waals surface area contributed by atoms with Gasteiger partial charge in [0.25, 0.3) is 0 Å². The molecular weight excluding hydrogens is 418 g/mol. The number of hydrogen-bond donors (Lipinski definition) is 4. The lowest BCUT2D eigenvalue weighted by atomic mass is 9.98. The van der Waals surface area contributed by atoms with E-state index in [-0.39, 0.29) is 23.8 Å². The van der Waals surface area contributed by atoms with Crippen LogP contribution in [0.2, 0.25) is 0 Å². The summed E-state index contributed by atoms with van der Waals surface area (Å²) < 4.78 is 32.5. The minimum atomic E-state index is -1.72. The number of anilines is 1. The molecule has 0 radical (unpaired) electrons. The molecule has 166 valence electrons. The van der Waals surface area contributed by atoms with E-state index in [9.17, 15) is 23.8 Å². The van der Waals surface area contributed by atoms with Crippen LogP contribution >= 0.6 is 0 Å². The molecule has 0 fully saturated rings. The van der Waals surface area contributed by atoms with Crippen LogP contribution in [0.4, 0.5) is 19.3 Å². The van der Waals surface area contributed by atoms with Crippen LogP contribution in [-0.2, 0) is 4.74 Å². The number of alkyl carbamates (subject to hydrolysis) is 1. The van der Waals surface area contributed by atoms with Crippen molar-refractivity contribution in [2.75, 3.05) is 18.9 Å². The zero-order chi connectivity index (χ0) is 22.8. The Bertz CT molecular complexity index is 1110. The first kappa shape index (κ1) is 21.7. The number of aliphatic hydroxyl groups excluding tert-OH is 2. The molecule has 5 N–H and O–H groups in total. The summed E-state index contributed by atoms with van der Waals surface area (Å²) in [5, 5.41) is 22.6. The fraction of sp³-hybridized carbons (Fsp3) is 0.208. The Balaban J connectivity index is 1.35. The van der Waals surface area contributed by atoms with Crippen LogP contribution in [0.5, 0.6) is 0 Å². The van der Waals surface area contributed by atoms with Gasteiger partial charge in [0.1, 0.15) is 30.4 Å². The molecular formula is C24H22F2N2O4. The number of hydrogen-bond acceptors (Lipinski definition) is 5. The maximum Gasteiger partial charge on any atom is 0.407 e. The van der Waals surface area contributed by atoms with Crippen molar-refractivity contribution in [3.8, 4) is 11.1 Å². The van der Waals surface area contributed by atoms with Gasteiger partial charge in [0.2, 0.25) is 0 Å². The third-order valence-corrected chi connectivity index (χ3v) is 5.60. The highest BCUT2D eigenvalue weighted by atomic mass is 19.1. The fourth-order valence-electron chi connectivity index (χ4n) is 3.97. The molecule has 0 aromatic heterocycles. The van der Waals surface area contributed by atoms with Crippen molar-refractivity contribution >= 4 is 11.8 Å². The third-order valence-electron chi connectivity index (χ3n) is 5.60. The van der Waals surface area contributed by atoms with E-state index in [0.717, 1.165) is 28.3 Å². The number of benzene rings is 3. The minimum absolute atomic E-state index is 0.0850. The molecule has 0 saturated heterocycles. The van der Waals surface area contributed by atoms with Gasteiger partial charge in [-0.15, -0.1) is 0 Å². The second kappa shape index (κ2) is 8.94. The van der Waals surface area contributed by atoms with Crippen LogP contribution in [-0.4, -0.2) is 35.6 Å². The molecule has 3 aromatic carbocycles. The van der Waals surface area contributed by atoms with Gasteiger partial charge in [-0.3, -0.25) is 0 Å². The van der Waals surface area contributed by atoms with Crippen LogP contribution in [0.25, 0.3) is 11.1 Å². The van der Waals surface area contributed by atoms with E-state index in [4.69, 9.17) is 10.5 Å². The average Bonchev–Trinajstić information content (AvgIpc) is 3.11. The van der Waals surface area contributed by atoms with Gasteiger partial charge >= 0.3 is 6.09 Å². The highest BCUT2D eigenvalue weighted by Crippen LogP contribution is 2.44. The van der Waals surface area contributed by atoms with E-state index >= 15 is 0 Å². The molecule has 1 aliphatic rings. The van der Waals surface area contributed by atoms with Crippen molar-refractivity contribution < 1.29 is 28.5 Å². The molecule has 0 saturated carbocycles. The average molecular weight is 440 g/mol. The molecule has 2 atom stereocenters. The number of carbonyl (C=O) groups is 1. The summed E-state index contributed by atoms with van der Waals surface area (Å²) in [7, 11) is 0. The van der Waals surface area contributed by atoms with Crippen LogP contribution in [0.15, 0.2) is 60.7 Å². The lowest BCUT2D eigenvalue weighted by Gasteiger charge is -2.20. The predicted molar refractivity (Wildman–Crippen MR) is 115 cm³/mol. The monoisotopic (exact) mass is 440 g/mol. The number of amides is 1. The number of nitrogen functional groups attached to an aromatic ring is 1. The van der Waals surface area contributed by atoms with Crippen molar-refractivity contribution in [2.24, 2.45) is 0 Å². The van der Waals surface area contributed by atoms with Crippen LogP contribution < -0.4 is 11.1 Å². The Labute approximate surface area is 183 Å². The highest BCUT2D eigenvalue weighted by Gasteiger charge is 2.29. The molecule has 0 heterocycles. The number of rotatable bonds is 6. The number of nitrogens with one attached hydrogen (secondary N) is 1. The van der Waals surface area contributed by atoms with Gasteiger partial charge in [0.15, 0.2) is 0 Å². The molecule has 1 aliphatic carbocycles.